The third kappa shape index (κ3) is 3.08. The van der Waals surface area contributed by atoms with Crippen molar-refractivity contribution in [2.24, 2.45) is 0 Å². The molecule has 0 radical (unpaired) electrons. The van der Waals surface area contributed by atoms with Crippen molar-refractivity contribution in [3.05, 3.63) is 65.5 Å². The quantitative estimate of drug-likeness (QED) is 0.895. The molecule has 18 heavy (non-hydrogen) atoms. The largest absolute Gasteiger partial charge is 0.489 e. The van der Waals surface area contributed by atoms with Crippen LogP contribution in [0, 0.1) is 5.82 Å². The molecule has 0 fully saturated rings. The summed E-state index contributed by atoms with van der Waals surface area (Å²) >= 11 is 0. The second-order valence-corrected chi connectivity index (χ2v) is 4.13. The number of aliphatic hydroxyl groups excluding tert-OH is 1. The average Bonchev–Trinajstić information content (AvgIpc) is 2.38. The van der Waals surface area contributed by atoms with Gasteiger partial charge in [-0.3, -0.25) is 0 Å². The number of hydrogen-bond acceptors (Lipinski definition) is 2. The summed E-state index contributed by atoms with van der Waals surface area (Å²) in [4.78, 5) is 0. The SMILES string of the molecule is C[C@H](O)c1ccccc1OCc1ccc(F)cc1. The summed E-state index contributed by atoms with van der Waals surface area (Å²) < 4.78 is 18.4. The lowest BCUT2D eigenvalue weighted by Crippen LogP contribution is -2.00. The van der Waals surface area contributed by atoms with Gasteiger partial charge < -0.3 is 9.84 Å². The van der Waals surface area contributed by atoms with E-state index in [1.165, 1.54) is 12.1 Å². The molecule has 0 aromatic heterocycles. The summed E-state index contributed by atoms with van der Waals surface area (Å²) in [7, 11) is 0. The number of aliphatic hydroxyl groups is 1. The molecule has 0 heterocycles. The predicted molar refractivity (Wildman–Crippen MR) is 67.8 cm³/mol. The Morgan fingerprint density at radius 2 is 1.78 bits per heavy atom. The van der Waals surface area contributed by atoms with Crippen molar-refractivity contribution in [3.63, 3.8) is 0 Å². The van der Waals surface area contributed by atoms with E-state index >= 15 is 0 Å². The summed E-state index contributed by atoms with van der Waals surface area (Å²) in [6, 6.07) is 13.5. The van der Waals surface area contributed by atoms with Crippen LogP contribution in [0.5, 0.6) is 5.75 Å². The highest BCUT2D eigenvalue weighted by Crippen LogP contribution is 2.25. The van der Waals surface area contributed by atoms with E-state index in [1.54, 1.807) is 19.1 Å². The Bertz CT molecular complexity index is 506. The van der Waals surface area contributed by atoms with Gasteiger partial charge in [0, 0.05) is 5.56 Å². The van der Waals surface area contributed by atoms with Gasteiger partial charge >= 0.3 is 0 Å². The Kier molecular flexibility index (Phi) is 3.95. The first kappa shape index (κ1) is 12.6. The maximum Gasteiger partial charge on any atom is 0.125 e. The first-order valence-electron chi connectivity index (χ1n) is 5.81. The molecule has 2 aromatic rings. The van der Waals surface area contributed by atoms with Crippen molar-refractivity contribution < 1.29 is 14.2 Å². The van der Waals surface area contributed by atoms with Gasteiger partial charge in [0.2, 0.25) is 0 Å². The summed E-state index contributed by atoms with van der Waals surface area (Å²) in [5, 5.41) is 9.61. The van der Waals surface area contributed by atoms with Crippen LogP contribution in [-0.2, 0) is 6.61 Å². The number of rotatable bonds is 4. The molecule has 1 atom stereocenters. The molecule has 2 rings (SSSR count). The minimum Gasteiger partial charge on any atom is -0.489 e. The molecular weight excluding hydrogens is 231 g/mol. The van der Waals surface area contributed by atoms with Crippen LogP contribution in [0.4, 0.5) is 4.39 Å². The Balaban J connectivity index is 2.08. The van der Waals surface area contributed by atoms with E-state index in [0.29, 0.717) is 12.4 Å². The van der Waals surface area contributed by atoms with Gasteiger partial charge in [-0.05, 0) is 30.7 Å². The summed E-state index contributed by atoms with van der Waals surface area (Å²) in [5.74, 6) is 0.389. The topological polar surface area (TPSA) is 29.5 Å². The normalized spacial score (nSPS) is 12.2. The van der Waals surface area contributed by atoms with Gasteiger partial charge in [-0.1, -0.05) is 30.3 Å². The molecule has 2 nitrogen and oxygen atoms in total. The fourth-order valence-corrected chi connectivity index (χ4v) is 1.70. The smallest absolute Gasteiger partial charge is 0.125 e. The van der Waals surface area contributed by atoms with Crippen molar-refractivity contribution in [1.29, 1.82) is 0 Å². The van der Waals surface area contributed by atoms with Crippen molar-refractivity contribution in [2.45, 2.75) is 19.6 Å². The highest BCUT2D eigenvalue weighted by Gasteiger charge is 2.08. The van der Waals surface area contributed by atoms with Gasteiger partial charge in [0.05, 0.1) is 6.10 Å². The number of para-hydroxylation sites is 1. The minimum atomic E-state index is -0.575. The zero-order chi connectivity index (χ0) is 13.0. The van der Waals surface area contributed by atoms with E-state index in [-0.39, 0.29) is 5.82 Å². The van der Waals surface area contributed by atoms with E-state index in [2.05, 4.69) is 0 Å². The van der Waals surface area contributed by atoms with Crippen LogP contribution in [0.1, 0.15) is 24.2 Å². The number of hydrogen-bond donors (Lipinski definition) is 1. The van der Waals surface area contributed by atoms with Crippen LogP contribution in [0.2, 0.25) is 0 Å². The zero-order valence-electron chi connectivity index (χ0n) is 10.1. The lowest BCUT2D eigenvalue weighted by atomic mass is 10.1. The fourth-order valence-electron chi connectivity index (χ4n) is 1.70. The zero-order valence-corrected chi connectivity index (χ0v) is 10.1. The van der Waals surface area contributed by atoms with Crippen molar-refractivity contribution in [2.75, 3.05) is 0 Å². The molecule has 0 unspecified atom stereocenters. The molecule has 3 heteroatoms. The molecule has 2 aromatic carbocycles. The number of halogens is 1. The van der Waals surface area contributed by atoms with E-state index in [4.69, 9.17) is 4.74 Å². The standard InChI is InChI=1S/C15H15FO2/c1-11(17)14-4-2-3-5-15(14)18-10-12-6-8-13(16)9-7-12/h2-9,11,17H,10H2,1H3/t11-/m0/s1. The Labute approximate surface area is 106 Å². The minimum absolute atomic E-state index is 0.261. The third-order valence-electron chi connectivity index (χ3n) is 2.68. The van der Waals surface area contributed by atoms with Crippen LogP contribution >= 0.6 is 0 Å². The van der Waals surface area contributed by atoms with Crippen LogP contribution in [0.3, 0.4) is 0 Å². The van der Waals surface area contributed by atoms with Gasteiger partial charge in [-0.15, -0.1) is 0 Å². The summed E-state index contributed by atoms with van der Waals surface area (Å²) in [5.41, 5.74) is 1.64. The average molecular weight is 246 g/mol. The van der Waals surface area contributed by atoms with Crippen molar-refractivity contribution in [3.8, 4) is 5.75 Å². The molecule has 94 valence electrons. The van der Waals surface area contributed by atoms with Gasteiger partial charge in [0.15, 0.2) is 0 Å². The van der Waals surface area contributed by atoms with Gasteiger partial charge in [-0.25, -0.2) is 4.39 Å². The summed E-state index contributed by atoms with van der Waals surface area (Å²) in [6.45, 7) is 2.05. The third-order valence-corrected chi connectivity index (χ3v) is 2.68. The first-order chi connectivity index (χ1) is 8.66. The molecule has 0 saturated heterocycles. The molecule has 0 aliphatic heterocycles. The molecule has 0 spiro atoms. The highest BCUT2D eigenvalue weighted by atomic mass is 19.1. The molecule has 0 saturated carbocycles. The Morgan fingerprint density at radius 1 is 1.11 bits per heavy atom. The molecule has 0 bridgehead atoms. The van der Waals surface area contributed by atoms with Crippen LogP contribution < -0.4 is 4.74 Å². The number of ether oxygens (including phenoxy) is 1. The number of benzene rings is 2. The van der Waals surface area contributed by atoms with E-state index in [1.807, 2.05) is 24.3 Å². The van der Waals surface area contributed by atoms with Crippen LogP contribution in [0.25, 0.3) is 0 Å². The fraction of sp³-hybridized carbons (Fsp3) is 0.200. The second kappa shape index (κ2) is 5.65. The lowest BCUT2D eigenvalue weighted by Gasteiger charge is -2.13. The maximum absolute atomic E-state index is 12.7. The lowest BCUT2D eigenvalue weighted by molar-refractivity contribution is 0.190. The predicted octanol–water partition coefficient (Wildman–Crippen LogP) is 3.46. The van der Waals surface area contributed by atoms with Crippen LogP contribution in [-0.4, -0.2) is 5.11 Å². The molecule has 1 N–H and O–H groups in total. The molecule has 0 aliphatic carbocycles. The van der Waals surface area contributed by atoms with Crippen molar-refractivity contribution in [1.82, 2.24) is 0 Å². The molecular formula is C15H15FO2. The van der Waals surface area contributed by atoms with E-state index < -0.39 is 6.10 Å². The van der Waals surface area contributed by atoms with Crippen molar-refractivity contribution >= 4 is 0 Å². The monoisotopic (exact) mass is 246 g/mol. The summed E-state index contributed by atoms with van der Waals surface area (Å²) in [6.07, 6.45) is -0.575. The van der Waals surface area contributed by atoms with Gasteiger partial charge in [-0.2, -0.15) is 0 Å². The van der Waals surface area contributed by atoms with Crippen LogP contribution in [0.15, 0.2) is 48.5 Å². The molecule has 0 amide bonds. The molecule has 0 aliphatic rings. The maximum atomic E-state index is 12.7. The highest BCUT2D eigenvalue weighted by molar-refractivity contribution is 5.35. The Hall–Kier alpha value is -1.87. The first-order valence-corrected chi connectivity index (χ1v) is 5.81. The second-order valence-electron chi connectivity index (χ2n) is 4.13. The van der Waals surface area contributed by atoms with Gasteiger partial charge in [0.1, 0.15) is 18.2 Å². The van der Waals surface area contributed by atoms with Gasteiger partial charge in [0.25, 0.3) is 0 Å². The Morgan fingerprint density at radius 3 is 2.44 bits per heavy atom. The van der Waals surface area contributed by atoms with E-state index in [0.717, 1.165) is 11.1 Å². The van der Waals surface area contributed by atoms with E-state index in [9.17, 15) is 9.50 Å².